The molecule has 0 aliphatic carbocycles. The zero-order valence-corrected chi connectivity index (χ0v) is 10.2. The van der Waals surface area contributed by atoms with Crippen LogP contribution >= 0.6 is 0 Å². The van der Waals surface area contributed by atoms with Crippen molar-refractivity contribution in [2.75, 3.05) is 20.8 Å². The van der Waals surface area contributed by atoms with E-state index in [1.54, 1.807) is 7.11 Å². The Balaban J connectivity index is 4.46. The third-order valence-corrected chi connectivity index (χ3v) is 2.99. The summed E-state index contributed by atoms with van der Waals surface area (Å²) >= 11 is 0. The number of carbonyl (C=O) groups is 1. The van der Waals surface area contributed by atoms with E-state index in [2.05, 4.69) is 4.74 Å². The van der Waals surface area contributed by atoms with Gasteiger partial charge in [-0.25, -0.2) is 0 Å². The first-order valence-corrected chi connectivity index (χ1v) is 5.31. The summed E-state index contributed by atoms with van der Waals surface area (Å²) in [6.45, 7) is 4.64. The molecule has 0 aromatic heterocycles. The molecule has 2 atom stereocenters. The van der Waals surface area contributed by atoms with Gasteiger partial charge in [-0.15, -0.1) is 0 Å². The number of hydrogen-bond acceptors (Lipinski definition) is 4. The third-order valence-electron chi connectivity index (χ3n) is 2.99. The van der Waals surface area contributed by atoms with Gasteiger partial charge in [-0.3, -0.25) is 4.79 Å². The minimum Gasteiger partial charge on any atom is -0.469 e. The Morgan fingerprint density at radius 1 is 1.47 bits per heavy atom. The van der Waals surface area contributed by atoms with E-state index in [0.29, 0.717) is 13.0 Å². The van der Waals surface area contributed by atoms with Gasteiger partial charge in [0, 0.05) is 19.8 Å². The summed E-state index contributed by atoms with van der Waals surface area (Å²) in [4.78, 5) is 11.3. The van der Waals surface area contributed by atoms with Gasteiger partial charge in [0.15, 0.2) is 0 Å². The summed E-state index contributed by atoms with van der Waals surface area (Å²) in [5.74, 6) is -0.211. The summed E-state index contributed by atoms with van der Waals surface area (Å²) in [5, 5.41) is 0. The molecule has 90 valence electrons. The molecule has 0 heterocycles. The quantitative estimate of drug-likeness (QED) is 0.653. The van der Waals surface area contributed by atoms with E-state index in [-0.39, 0.29) is 17.4 Å². The second-order valence-electron chi connectivity index (χ2n) is 4.16. The van der Waals surface area contributed by atoms with Crippen LogP contribution in [0.2, 0.25) is 0 Å². The Bertz CT molecular complexity index is 196. The minimum atomic E-state index is -0.238. The SMILES string of the molecule is CCC(N)C(C)(CCOC)CC(=O)OC. The molecular formula is C11H23NO3. The molecule has 0 aliphatic rings. The monoisotopic (exact) mass is 217 g/mol. The average Bonchev–Trinajstić information content (AvgIpc) is 2.24. The highest BCUT2D eigenvalue weighted by molar-refractivity contribution is 5.70. The van der Waals surface area contributed by atoms with Crippen LogP contribution in [0.15, 0.2) is 0 Å². The van der Waals surface area contributed by atoms with Gasteiger partial charge < -0.3 is 15.2 Å². The van der Waals surface area contributed by atoms with E-state index >= 15 is 0 Å². The lowest BCUT2D eigenvalue weighted by Crippen LogP contribution is -2.41. The number of ether oxygens (including phenoxy) is 2. The predicted molar refractivity (Wildman–Crippen MR) is 59.5 cm³/mol. The molecule has 0 aliphatic heterocycles. The van der Waals surface area contributed by atoms with Crippen LogP contribution < -0.4 is 5.73 Å². The van der Waals surface area contributed by atoms with Crippen LogP contribution in [0.4, 0.5) is 0 Å². The molecular weight excluding hydrogens is 194 g/mol. The molecule has 0 aromatic carbocycles. The maximum Gasteiger partial charge on any atom is 0.306 e. The summed E-state index contributed by atoms with van der Waals surface area (Å²) in [5.41, 5.74) is 5.79. The normalized spacial score (nSPS) is 16.9. The van der Waals surface area contributed by atoms with Gasteiger partial charge in [0.25, 0.3) is 0 Å². The number of nitrogens with two attached hydrogens (primary N) is 1. The van der Waals surface area contributed by atoms with Crippen LogP contribution in [-0.4, -0.2) is 32.8 Å². The Labute approximate surface area is 92.1 Å². The highest BCUT2D eigenvalue weighted by atomic mass is 16.5. The van der Waals surface area contributed by atoms with Crippen molar-refractivity contribution in [2.45, 2.75) is 39.2 Å². The Morgan fingerprint density at radius 2 is 2.07 bits per heavy atom. The van der Waals surface area contributed by atoms with E-state index in [9.17, 15) is 4.79 Å². The molecule has 15 heavy (non-hydrogen) atoms. The first-order valence-electron chi connectivity index (χ1n) is 5.31. The summed E-state index contributed by atoms with van der Waals surface area (Å²) in [6, 6.07) is -0.00764. The molecule has 0 rings (SSSR count). The molecule has 2 N–H and O–H groups in total. The average molecular weight is 217 g/mol. The number of hydrogen-bond donors (Lipinski definition) is 1. The van der Waals surface area contributed by atoms with Crippen molar-refractivity contribution in [2.24, 2.45) is 11.1 Å². The van der Waals surface area contributed by atoms with Crippen LogP contribution in [0.3, 0.4) is 0 Å². The fraction of sp³-hybridized carbons (Fsp3) is 0.909. The lowest BCUT2D eigenvalue weighted by Gasteiger charge is -2.34. The topological polar surface area (TPSA) is 61.5 Å². The van der Waals surface area contributed by atoms with Crippen LogP contribution in [0.1, 0.15) is 33.1 Å². The number of esters is 1. The third kappa shape index (κ3) is 4.62. The first-order chi connectivity index (χ1) is 7.00. The molecule has 0 spiro atoms. The zero-order chi connectivity index (χ0) is 11.9. The Hall–Kier alpha value is -0.610. The number of methoxy groups -OCH3 is 2. The fourth-order valence-electron chi connectivity index (χ4n) is 1.63. The van der Waals surface area contributed by atoms with Crippen molar-refractivity contribution in [1.82, 2.24) is 0 Å². The van der Waals surface area contributed by atoms with Gasteiger partial charge >= 0.3 is 5.97 Å². The van der Waals surface area contributed by atoms with Crippen molar-refractivity contribution in [1.29, 1.82) is 0 Å². The molecule has 2 unspecified atom stereocenters. The maximum absolute atomic E-state index is 11.3. The Kier molecular flexibility index (Phi) is 6.52. The molecule has 4 heteroatoms. The van der Waals surface area contributed by atoms with Crippen LogP contribution in [0.25, 0.3) is 0 Å². The van der Waals surface area contributed by atoms with Gasteiger partial charge in [-0.05, 0) is 18.3 Å². The molecule has 0 saturated heterocycles. The van der Waals surface area contributed by atoms with E-state index < -0.39 is 0 Å². The second kappa shape index (κ2) is 6.80. The molecule has 0 saturated carbocycles. The second-order valence-corrected chi connectivity index (χ2v) is 4.16. The van der Waals surface area contributed by atoms with Gasteiger partial charge in [0.1, 0.15) is 0 Å². The van der Waals surface area contributed by atoms with Crippen molar-refractivity contribution in [3.05, 3.63) is 0 Å². The lowest BCUT2D eigenvalue weighted by atomic mass is 9.76. The van der Waals surface area contributed by atoms with Gasteiger partial charge in [0.05, 0.1) is 13.5 Å². The summed E-state index contributed by atoms with van der Waals surface area (Å²) in [6.07, 6.45) is 1.96. The van der Waals surface area contributed by atoms with Gasteiger partial charge in [0.2, 0.25) is 0 Å². The van der Waals surface area contributed by atoms with E-state index in [1.165, 1.54) is 7.11 Å². The molecule has 4 nitrogen and oxygen atoms in total. The zero-order valence-electron chi connectivity index (χ0n) is 10.2. The summed E-state index contributed by atoms with van der Waals surface area (Å²) < 4.78 is 9.72. The van der Waals surface area contributed by atoms with Crippen molar-refractivity contribution < 1.29 is 14.3 Å². The minimum absolute atomic E-state index is 0.00764. The molecule has 0 fully saturated rings. The molecule has 0 aromatic rings. The number of carbonyl (C=O) groups excluding carboxylic acids is 1. The summed E-state index contributed by atoms with van der Waals surface area (Å²) in [7, 11) is 3.05. The van der Waals surface area contributed by atoms with Crippen molar-refractivity contribution in [3.8, 4) is 0 Å². The number of rotatable bonds is 7. The van der Waals surface area contributed by atoms with Crippen LogP contribution in [-0.2, 0) is 14.3 Å². The molecule has 0 amide bonds. The fourth-order valence-corrected chi connectivity index (χ4v) is 1.63. The van der Waals surface area contributed by atoms with Crippen LogP contribution in [0, 0.1) is 5.41 Å². The van der Waals surface area contributed by atoms with Gasteiger partial charge in [-0.2, -0.15) is 0 Å². The standard InChI is InChI=1S/C11H23NO3/c1-5-9(12)11(2,6-7-14-3)8-10(13)15-4/h9H,5-8,12H2,1-4H3. The van der Waals surface area contributed by atoms with E-state index in [0.717, 1.165) is 12.8 Å². The maximum atomic E-state index is 11.3. The first kappa shape index (κ1) is 14.4. The Morgan fingerprint density at radius 3 is 2.47 bits per heavy atom. The van der Waals surface area contributed by atoms with Crippen molar-refractivity contribution in [3.63, 3.8) is 0 Å². The molecule has 0 bridgehead atoms. The highest BCUT2D eigenvalue weighted by Gasteiger charge is 2.33. The smallest absolute Gasteiger partial charge is 0.306 e. The highest BCUT2D eigenvalue weighted by Crippen LogP contribution is 2.31. The van der Waals surface area contributed by atoms with Crippen LogP contribution in [0.5, 0.6) is 0 Å². The van der Waals surface area contributed by atoms with Gasteiger partial charge in [-0.1, -0.05) is 13.8 Å². The predicted octanol–water partition coefficient (Wildman–Crippen LogP) is 1.33. The van der Waals surface area contributed by atoms with Crippen molar-refractivity contribution >= 4 is 5.97 Å². The largest absolute Gasteiger partial charge is 0.469 e. The lowest BCUT2D eigenvalue weighted by molar-refractivity contribution is -0.143. The van der Waals surface area contributed by atoms with E-state index in [4.69, 9.17) is 10.5 Å². The van der Waals surface area contributed by atoms with E-state index in [1.807, 2.05) is 13.8 Å². The molecule has 0 radical (unpaired) electrons.